The van der Waals surface area contributed by atoms with Crippen LogP contribution in [-0.2, 0) is 5.54 Å². The topological polar surface area (TPSA) is 115 Å². The van der Waals surface area contributed by atoms with Crippen molar-refractivity contribution in [3.05, 3.63) is 29.8 Å². The number of carbonyl (C=O) groups excluding carboxylic acids is 1. The molecule has 126 valence electrons. The van der Waals surface area contributed by atoms with Crippen LogP contribution in [-0.4, -0.2) is 30.6 Å². The number of aromatic amines is 1. The lowest BCUT2D eigenvalue weighted by molar-refractivity contribution is 0.102. The second kappa shape index (κ2) is 5.63. The number of carbonyl (C=O) groups is 1. The van der Waals surface area contributed by atoms with Crippen LogP contribution in [0.2, 0.25) is 0 Å². The maximum absolute atomic E-state index is 12.7. The standard InChI is InChI=1S/C16H21N7O/c1-5-16(3,4)23-7-10(12-13(17)18-8-19-14(12)23)15(24)20-11-6-9(2)21-22-11/h6-8H,5H2,1-4H3,(H2,17,18,19)(H2,20,21,22,24). The van der Waals surface area contributed by atoms with Crippen LogP contribution in [0.5, 0.6) is 0 Å². The van der Waals surface area contributed by atoms with E-state index in [0.29, 0.717) is 22.4 Å². The van der Waals surface area contributed by atoms with E-state index in [2.05, 4.69) is 46.3 Å². The molecule has 0 aliphatic heterocycles. The Morgan fingerprint density at radius 1 is 1.42 bits per heavy atom. The summed E-state index contributed by atoms with van der Waals surface area (Å²) in [4.78, 5) is 21.1. The highest BCUT2D eigenvalue weighted by Crippen LogP contribution is 2.31. The van der Waals surface area contributed by atoms with E-state index in [1.165, 1.54) is 6.33 Å². The number of aromatic nitrogens is 5. The second-order valence-electron chi connectivity index (χ2n) is 6.43. The van der Waals surface area contributed by atoms with Crippen molar-refractivity contribution < 1.29 is 4.79 Å². The maximum atomic E-state index is 12.7. The van der Waals surface area contributed by atoms with Gasteiger partial charge >= 0.3 is 0 Å². The average molecular weight is 327 g/mol. The molecule has 0 fully saturated rings. The highest BCUT2D eigenvalue weighted by Gasteiger charge is 2.26. The van der Waals surface area contributed by atoms with E-state index in [9.17, 15) is 4.79 Å². The van der Waals surface area contributed by atoms with Gasteiger partial charge in [-0.25, -0.2) is 9.97 Å². The summed E-state index contributed by atoms with van der Waals surface area (Å²) >= 11 is 0. The van der Waals surface area contributed by atoms with Crippen LogP contribution in [0.25, 0.3) is 11.0 Å². The molecule has 0 aliphatic rings. The Hall–Kier alpha value is -2.90. The van der Waals surface area contributed by atoms with Crippen molar-refractivity contribution in [1.29, 1.82) is 0 Å². The molecule has 0 saturated carbocycles. The molecule has 0 radical (unpaired) electrons. The number of aryl methyl sites for hydroxylation is 1. The number of nitrogens with two attached hydrogens (primary N) is 1. The molecule has 3 heterocycles. The van der Waals surface area contributed by atoms with Gasteiger partial charge in [0.15, 0.2) is 5.82 Å². The van der Waals surface area contributed by atoms with Gasteiger partial charge in [-0.15, -0.1) is 0 Å². The lowest BCUT2D eigenvalue weighted by atomic mass is 10.0. The number of hydrogen-bond acceptors (Lipinski definition) is 5. The second-order valence-corrected chi connectivity index (χ2v) is 6.43. The third kappa shape index (κ3) is 2.60. The summed E-state index contributed by atoms with van der Waals surface area (Å²) in [6.07, 6.45) is 4.08. The Morgan fingerprint density at radius 3 is 2.79 bits per heavy atom. The van der Waals surface area contributed by atoms with Crippen molar-refractivity contribution in [3.8, 4) is 0 Å². The van der Waals surface area contributed by atoms with Crippen molar-refractivity contribution in [3.63, 3.8) is 0 Å². The molecule has 3 aromatic rings. The number of nitrogens with zero attached hydrogens (tertiary/aromatic N) is 4. The zero-order valence-corrected chi connectivity index (χ0v) is 14.2. The summed E-state index contributed by atoms with van der Waals surface area (Å²) in [5, 5.41) is 10.2. The Kier molecular flexibility index (Phi) is 3.75. The van der Waals surface area contributed by atoms with E-state index >= 15 is 0 Å². The van der Waals surface area contributed by atoms with E-state index in [0.717, 1.165) is 12.1 Å². The molecule has 1 amide bonds. The van der Waals surface area contributed by atoms with Crippen molar-refractivity contribution in [1.82, 2.24) is 24.7 Å². The molecule has 8 heteroatoms. The SMILES string of the molecule is CCC(C)(C)n1cc(C(=O)Nc2cc(C)[nH]n2)c2c(N)ncnc21. The third-order valence-electron chi connectivity index (χ3n) is 4.32. The van der Waals surface area contributed by atoms with Gasteiger partial charge in [0.2, 0.25) is 0 Å². The first-order valence-corrected chi connectivity index (χ1v) is 7.79. The number of nitrogens with one attached hydrogen (secondary N) is 2. The molecule has 0 bridgehead atoms. The molecular formula is C16H21N7O. The number of rotatable bonds is 4. The molecule has 0 aromatic carbocycles. The summed E-state index contributed by atoms with van der Waals surface area (Å²) in [6.45, 7) is 8.12. The van der Waals surface area contributed by atoms with Gasteiger partial charge in [-0.05, 0) is 27.2 Å². The fourth-order valence-corrected chi connectivity index (χ4v) is 2.55. The van der Waals surface area contributed by atoms with Gasteiger partial charge in [0.25, 0.3) is 5.91 Å². The third-order valence-corrected chi connectivity index (χ3v) is 4.32. The van der Waals surface area contributed by atoms with Crippen LogP contribution in [0.1, 0.15) is 43.2 Å². The number of H-pyrrole nitrogens is 1. The fraction of sp³-hybridized carbons (Fsp3) is 0.375. The van der Waals surface area contributed by atoms with Gasteiger partial charge in [0.05, 0.1) is 10.9 Å². The summed E-state index contributed by atoms with van der Waals surface area (Å²) in [6, 6.07) is 1.76. The van der Waals surface area contributed by atoms with Crippen molar-refractivity contribution in [2.24, 2.45) is 0 Å². The molecule has 24 heavy (non-hydrogen) atoms. The van der Waals surface area contributed by atoms with E-state index in [1.54, 1.807) is 12.3 Å². The lowest BCUT2D eigenvalue weighted by Crippen LogP contribution is -2.24. The van der Waals surface area contributed by atoms with Crippen LogP contribution < -0.4 is 11.1 Å². The first kappa shape index (κ1) is 16.0. The van der Waals surface area contributed by atoms with Crippen LogP contribution >= 0.6 is 0 Å². The molecule has 0 saturated heterocycles. The number of fused-ring (bicyclic) bond motifs is 1. The van der Waals surface area contributed by atoms with Crippen LogP contribution in [0.4, 0.5) is 11.6 Å². The van der Waals surface area contributed by atoms with Crippen molar-refractivity contribution in [2.75, 3.05) is 11.1 Å². The Bertz CT molecular complexity index is 906. The molecule has 0 unspecified atom stereocenters. The minimum Gasteiger partial charge on any atom is -0.383 e. The number of nitrogen functional groups attached to an aromatic ring is 1. The van der Waals surface area contributed by atoms with Gasteiger partial charge in [-0.2, -0.15) is 5.10 Å². The average Bonchev–Trinajstić information content (AvgIpc) is 3.12. The van der Waals surface area contributed by atoms with Gasteiger partial charge in [-0.3, -0.25) is 9.89 Å². The highest BCUT2D eigenvalue weighted by atomic mass is 16.1. The summed E-state index contributed by atoms with van der Waals surface area (Å²) in [5.74, 6) is 0.455. The largest absolute Gasteiger partial charge is 0.383 e. The predicted octanol–water partition coefficient (Wildman–Crippen LogP) is 2.44. The number of hydrogen-bond donors (Lipinski definition) is 3. The van der Waals surface area contributed by atoms with Gasteiger partial charge < -0.3 is 15.6 Å². The lowest BCUT2D eigenvalue weighted by Gasteiger charge is -2.25. The fourth-order valence-electron chi connectivity index (χ4n) is 2.55. The zero-order valence-electron chi connectivity index (χ0n) is 14.2. The molecule has 0 atom stereocenters. The summed E-state index contributed by atoms with van der Waals surface area (Å²) in [5.41, 5.74) is 7.77. The molecular weight excluding hydrogens is 306 g/mol. The monoisotopic (exact) mass is 327 g/mol. The van der Waals surface area contributed by atoms with Crippen molar-refractivity contribution >= 4 is 28.6 Å². The molecule has 0 aliphatic carbocycles. The first-order valence-electron chi connectivity index (χ1n) is 7.79. The van der Waals surface area contributed by atoms with E-state index in [-0.39, 0.29) is 17.3 Å². The molecule has 0 spiro atoms. The Balaban J connectivity index is 2.12. The Labute approximate surface area is 139 Å². The van der Waals surface area contributed by atoms with Crippen LogP contribution in [0.15, 0.2) is 18.6 Å². The molecule has 4 N–H and O–H groups in total. The number of amides is 1. The van der Waals surface area contributed by atoms with E-state index < -0.39 is 0 Å². The van der Waals surface area contributed by atoms with Crippen LogP contribution in [0.3, 0.4) is 0 Å². The molecule has 3 aromatic heterocycles. The van der Waals surface area contributed by atoms with Crippen LogP contribution in [0, 0.1) is 6.92 Å². The predicted molar refractivity (Wildman–Crippen MR) is 92.8 cm³/mol. The Morgan fingerprint density at radius 2 is 2.17 bits per heavy atom. The normalized spacial score (nSPS) is 11.8. The molecule has 8 nitrogen and oxygen atoms in total. The number of anilines is 2. The minimum atomic E-state index is -0.293. The van der Waals surface area contributed by atoms with E-state index in [1.807, 2.05) is 11.5 Å². The van der Waals surface area contributed by atoms with Crippen molar-refractivity contribution in [2.45, 2.75) is 39.7 Å². The molecule has 3 rings (SSSR count). The summed E-state index contributed by atoms with van der Waals surface area (Å²) in [7, 11) is 0. The maximum Gasteiger partial charge on any atom is 0.259 e. The summed E-state index contributed by atoms with van der Waals surface area (Å²) < 4.78 is 1.98. The zero-order chi connectivity index (χ0) is 17.5. The first-order chi connectivity index (χ1) is 11.3. The van der Waals surface area contributed by atoms with Gasteiger partial charge in [-0.1, -0.05) is 6.92 Å². The smallest absolute Gasteiger partial charge is 0.259 e. The van der Waals surface area contributed by atoms with Gasteiger partial charge in [0, 0.05) is 23.5 Å². The quantitative estimate of drug-likeness (QED) is 0.681. The van der Waals surface area contributed by atoms with E-state index in [4.69, 9.17) is 5.73 Å². The van der Waals surface area contributed by atoms with Gasteiger partial charge in [0.1, 0.15) is 17.8 Å². The highest BCUT2D eigenvalue weighted by molar-refractivity contribution is 6.14. The minimum absolute atomic E-state index is 0.208.